The predicted octanol–water partition coefficient (Wildman–Crippen LogP) is 3.70. The number of aromatic nitrogens is 2. The number of nitrogens with zero attached hydrogens (tertiary/aromatic N) is 1. The van der Waals surface area contributed by atoms with E-state index in [1.165, 1.54) is 10.6 Å². The number of hydrogen-bond donors (Lipinski definition) is 1. The molecule has 0 bridgehead atoms. The van der Waals surface area contributed by atoms with Crippen molar-refractivity contribution in [3.63, 3.8) is 0 Å². The molecule has 2 aromatic rings. The van der Waals surface area contributed by atoms with Gasteiger partial charge < -0.3 is 4.98 Å². The van der Waals surface area contributed by atoms with Gasteiger partial charge in [0.05, 0.1) is 0 Å². The summed E-state index contributed by atoms with van der Waals surface area (Å²) in [5.74, 6) is 0.761. The second-order valence-electron chi connectivity index (χ2n) is 4.36. The van der Waals surface area contributed by atoms with Gasteiger partial charge in [0, 0.05) is 12.4 Å². The molecule has 0 atom stereocenters. The first-order valence-electron chi connectivity index (χ1n) is 5.49. The van der Waals surface area contributed by atoms with E-state index in [1.807, 2.05) is 0 Å². The van der Waals surface area contributed by atoms with Crippen LogP contribution in [-0.4, -0.2) is 9.55 Å². The maximum atomic E-state index is 12.9. The highest BCUT2D eigenvalue weighted by atomic mass is 19.4. The minimum atomic E-state index is -4.32. The molecule has 1 N–H and O–H groups in total. The fourth-order valence-electron chi connectivity index (χ4n) is 2.01. The Morgan fingerprint density at radius 1 is 1.29 bits per heavy atom. The molecular weight excluding hydrogens is 229 g/mol. The van der Waals surface area contributed by atoms with Crippen LogP contribution in [0.2, 0.25) is 0 Å². The molecule has 0 aromatic carbocycles. The van der Waals surface area contributed by atoms with Gasteiger partial charge in [-0.1, -0.05) is 0 Å². The number of H-pyrrole nitrogens is 1. The van der Waals surface area contributed by atoms with Gasteiger partial charge in [-0.2, -0.15) is 13.2 Å². The zero-order valence-corrected chi connectivity index (χ0v) is 8.96. The van der Waals surface area contributed by atoms with Gasteiger partial charge in [-0.05, 0) is 42.5 Å². The maximum absolute atomic E-state index is 12.9. The van der Waals surface area contributed by atoms with Crippen molar-refractivity contribution in [2.24, 2.45) is 0 Å². The first-order chi connectivity index (χ1) is 8.05. The fraction of sp³-hybridized carbons (Fsp3) is 0.333. The molecule has 5 heteroatoms. The van der Waals surface area contributed by atoms with Crippen molar-refractivity contribution in [3.05, 3.63) is 41.9 Å². The van der Waals surface area contributed by atoms with E-state index in [-0.39, 0.29) is 0 Å². The fourth-order valence-corrected chi connectivity index (χ4v) is 2.01. The van der Waals surface area contributed by atoms with Gasteiger partial charge in [0.25, 0.3) is 0 Å². The molecule has 0 spiro atoms. The number of halogens is 3. The highest BCUT2D eigenvalue weighted by Gasteiger charge is 2.37. The normalized spacial score (nSPS) is 16.4. The molecule has 0 saturated heterocycles. The minimum absolute atomic E-state index is 0.312. The van der Waals surface area contributed by atoms with Crippen molar-refractivity contribution in [1.82, 2.24) is 9.55 Å². The van der Waals surface area contributed by atoms with Crippen molar-refractivity contribution in [2.45, 2.75) is 24.9 Å². The Bertz CT molecular complexity index is 518. The third kappa shape index (κ3) is 1.85. The Morgan fingerprint density at radius 3 is 2.59 bits per heavy atom. The van der Waals surface area contributed by atoms with Gasteiger partial charge in [0.15, 0.2) is 0 Å². The van der Waals surface area contributed by atoms with Gasteiger partial charge in [-0.3, -0.25) is 4.57 Å². The Labute approximate surface area is 96.1 Å². The largest absolute Gasteiger partial charge is 0.431 e. The Morgan fingerprint density at radius 2 is 2.06 bits per heavy atom. The summed E-state index contributed by atoms with van der Waals surface area (Å²) in [7, 11) is 0. The number of alkyl halides is 3. The summed E-state index contributed by atoms with van der Waals surface area (Å²) >= 11 is 0. The van der Waals surface area contributed by atoms with Crippen molar-refractivity contribution in [3.8, 4) is 5.82 Å². The van der Waals surface area contributed by atoms with E-state index in [0.717, 1.165) is 18.4 Å². The van der Waals surface area contributed by atoms with Crippen LogP contribution in [0.25, 0.3) is 5.82 Å². The topological polar surface area (TPSA) is 20.7 Å². The van der Waals surface area contributed by atoms with E-state index >= 15 is 0 Å². The smallest absolute Gasteiger partial charge is 0.348 e. The zero-order chi connectivity index (χ0) is 12.0. The Kier molecular flexibility index (Phi) is 2.11. The Balaban J connectivity index is 2.11. The molecular formula is C12H11F3N2. The summed E-state index contributed by atoms with van der Waals surface area (Å²) < 4.78 is 39.9. The highest BCUT2D eigenvalue weighted by molar-refractivity contribution is 5.36. The minimum Gasteiger partial charge on any atom is -0.348 e. The molecule has 1 aliphatic carbocycles. The lowest BCUT2D eigenvalue weighted by atomic mass is 10.2. The highest BCUT2D eigenvalue weighted by Crippen LogP contribution is 2.43. The van der Waals surface area contributed by atoms with Crippen LogP contribution in [0.5, 0.6) is 0 Å². The summed E-state index contributed by atoms with van der Waals surface area (Å²) in [6.07, 6.45) is 0.870. The second kappa shape index (κ2) is 3.42. The first-order valence-corrected chi connectivity index (χ1v) is 5.49. The van der Waals surface area contributed by atoms with Crippen LogP contribution in [0, 0.1) is 0 Å². The zero-order valence-electron chi connectivity index (χ0n) is 8.96. The Hall–Kier alpha value is -1.65. The van der Waals surface area contributed by atoms with Gasteiger partial charge in [-0.25, -0.2) is 0 Å². The number of hydrogen-bond acceptors (Lipinski definition) is 0. The molecule has 0 aliphatic heterocycles. The van der Waals surface area contributed by atoms with Crippen LogP contribution in [0.4, 0.5) is 13.2 Å². The molecule has 1 saturated carbocycles. The summed E-state index contributed by atoms with van der Waals surface area (Å²) in [5.41, 5.74) is 0.175. The van der Waals surface area contributed by atoms with Gasteiger partial charge in [0.1, 0.15) is 11.5 Å². The van der Waals surface area contributed by atoms with Gasteiger partial charge in [0.2, 0.25) is 0 Å². The molecule has 3 rings (SSSR count). The van der Waals surface area contributed by atoms with E-state index in [0.29, 0.717) is 11.7 Å². The van der Waals surface area contributed by atoms with Crippen molar-refractivity contribution < 1.29 is 13.2 Å². The van der Waals surface area contributed by atoms with E-state index in [4.69, 9.17) is 0 Å². The van der Waals surface area contributed by atoms with E-state index < -0.39 is 11.9 Å². The van der Waals surface area contributed by atoms with Crippen LogP contribution in [0.3, 0.4) is 0 Å². The van der Waals surface area contributed by atoms with Crippen LogP contribution in [0.15, 0.2) is 30.6 Å². The van der Waals surface area contributed by atoms with Crippen LogP contribution in [0.1, 0.15) is 30.0 Å². The third-order valence-electron chi connectivity index (χ3n) is 3.02. The summed E-state index contributed by atoms with van der Waals surface area (Å²) in [6, 6.07) is 4.58. The average molecular weight is 240 g/mol. The first kappa shape index (κ1) is 10.5. The lowest BCUT2D eigenvalue weighted by Crippen LogP contribution is -2.11. The number of nitrogens with one attached hydrogen (secondary N) is 1. The van der Waals surface area contributed by atoms with E-state index in [2.05, 4.69) is 4.98 Å². The molecule has 1 fully saturated rings. The van der Waals surface area contributed by atoms with Crippen molar-refractivity contribution in [1.29, 1.82) is 0 Å². The van der Waals surface area contributed by atoms with Crippen LogP contribution < -0.4 is 0 Å². The molecule has 17 heavy (non-hydrogen) atoms. The third-order valence-corrected chi connectivity index (χ3v) is 3.02. The summed E-state index contributed by atoms with van der Waals surface area (Å²) in [5, 5.41) is 0. The molecule has 0 radical (unpaired) electrons. The summed E-state index contributed by atoms with van der Waals surface area (Å²) in [4.78, 5) is 2.80. The predicted molar refractivity (Wildman–Crippen MR) is 57.1 cm³/mol. The van der Waals surface area contributed by atoms with Crippen LogP contribution >= 0.6 is 0 Å². The molecule has 2 heterocycles. The molecule has 0 unspecified atom stereocenters. The standard InChI is InChI=1S/C12H11F3N2/c13-12(14,15)10-6-9(8-3-4-8)7-17(10)11-2-1-5-16-11/h1-2,5-8,16H,3-4H2. The van der Waals surface area contributed by atoms with Gasteiger partial charge >= 0.3 is 6.18 Å². The molecule has 2 aromatic heterocycles. The van der Waals surface area contributed by atoms with E-state index in [9.17, 15) is 13.2 Å². The van der Waals surface area contributed by atoms with E-state index in [1.54, 1.807) is 24.5 Å². The lowest BCUT2D eigenvalue weighted by Gasteiger charge is -2.09. The molecule has 0 amide bonds. The SMILES string of the molecule is FC(F)(F)c1cc(C2CC2)cn1-c1ccc[nH]1. The lowest BCUT2D eigenvalue weighted by molar-refractivity contribution is -0.142. The number of rotatable bonds is 2. The molecule has 2 nitrogen and oxygen atoms in total. The quantitative estimate of drug-likeness (QED) is 0.826. The number of aromatic amines is 1. The second-order valence-corrected chi connectivity index (χ2v) is 4.36. The average Bonchev–Trinajstić information content (AvgIpc) is 2.82. The molecule has 1 aliphatic rings. The van der Waals surface area contributed by atoms with Crippen molar-refractivity contribution in [2.75, 3.05) is 0 Å². The monoisotopic (exact) mass is 240 g/mol. The maximum Gasteiger partial charge on any atom is 0.431 e. The van der Waals surface area contributed by atoms with Crippen LogP contribution in [-0.2, 0) is 6.18 Å². The summed E-state index contributed by atoms with van der Waals surface area (Å²) in [6.45, 7) is 0. The van der Waals surface area contributed by atoms with Gasteiger partial charge in [-0.15, -0.1) is 0 Å². The molecule has 90 valence electrons. The van der Waals surface area contributed by atoms with Crippen molar-refractivity contribution >= 4 is 0 Å².